The van der Waals surface area contributed by atoms with Crippen molar-refractivity contribution >= 4 is 29.1 Å². The molecule has 0 unspecified atom stereocenters. The second kappa shape index (κ2) is 7.45. The molecule has 138 valence electrons. The van der Waals surface area contributed by atoms with E-state index in [1.165, 1.54) is 9.80 Å². The highest BCUT2D eigenvalue weighted by Gasteiger charge is 2.30. The Morgan fingerprint density at radius 1 is 1.04 bits per heavy atom. The predicted molar refractivity (Wildman–Crippen MR) is 104 cm³/mol. The van der Waals surface area contributed by atoms with Gasteiger partial charge in [0, 0.05) is 43.9 Å². The summed E-state index contributed by atoms with van der Waals surface area (Å²) in [7, 11) is 3.31. The van der Waals surface area contributed by atoms with Crippen molar-refractivity contribution in [3.63, 3.8) is 0 Å². The monoisotopic (exact) mass is 363 g/mol. The van der Waals surface area contributed by atoms with E-state index in [1.54, 1.807) is 50.5 Å². The molecule has 2 aromatic rings. The van der Waals surface area contributed by atoms with E-state index < -0.39 is 0 Å². The van der Waals surface area contributed by atoms with Crippen molar-refractivity contribution in [3.05, 3.63) is 71.8 Å². The average Bonchev–Trinajstić information content (AvgIpc) is 2.91. The first-order valence-corrected chi connectivity index (χ1v) is 8.61. The van der Waals surface area contributed by atoms with E-state index in [9.17, 15) is 14.4 Å². The van der Waals surface area contributed by atoms with E-state index >= 15 is 0 Å². The van der Waals surface area contributed by atoms with Gasteiger partial charge in [-0.1, -0.05) is 36.9 Å². The maximum Gasteiger partial charge on any atom is 0.258 e. The summed E-state index contributed by atoms with van der Waals surface area (Å²) < 4.78 is 0. The normalized spacial score (nSPS) is 12.7. The van der Waals surface area contributed by atoms with Crippen molar-refractivity contribution in [3.8, 4) is 0 Å². The molecule has 0 aromatic heterocycles. The predicted octanol–water partition coefficient (Wildman–Crippen LogP) is 2.84. The number of nitrogens with zero attached hydrogens (tertiary/aromatic N) is 2. The zero-order valence-corrected chi connectivity index (χ0v) is 15.4. The number of nitrogens with one attached hydrogen (secondary N) is 1. The van der Waals surface area contributed by atoms with Crippen LogP contribution in [-0.4, -0.2) is 48.2 Å². The number of amides is 3. The molecule has 0 fully saturated rings. The first kappa shape index (κ1) is 18.4. The topological polar surface area (TPSA) is 69.7 Å². The minimum Gasteiger partial charge on any atom is -0.345 e. The van der Waals surface area contributed by atoms with Crippen LogP contribution in [0, 0.1) is 0 Å². The Labute approximate surface area is 158 Å². The fraction of sp³-hybridized carbons (Fsp3) is 0.190. The Morgan fingerprint density at radius 2 is 1.67 bits per heavy atom. The number of hydrogen-bond acceptors (Lipinski definition) is 3. The highest BCUT2D eigenvalue weighted by Crippen LogP contribution is 2.31. The molecule has 0 radical (unpaired) electrons. The third-order valence-electron chi connectivity index (χ3n) is 4.44. The molecule has 1 aliphatic heterocycles. The molecule has 0 bridgehead atoms. The second-order valence-electron chi connectivity index (χ2n) is 6.49. The van der Waals surface area contributed by atoms with Gasteiger partial charge < -0.3 is 15.1 Å². The van der Waals surface area contributed by atoms with Crippen molar-refractivity contribution in [1.82, 2.24) is 9.80 Å². The van der Waals surface area contributed by atoms with E-state index in [4.69, 9.17) is 0 Å². The summed E-state index contributed by atoms with van der Waals surface area (Å²) in [4.78, 5) is 40.1. The summed E-state index contributed by atoms with van der Waals surface area (Å²) in [6.07, 6.45) is 0.100. The molecule has 27 heavy (non-hydrogen) atoms. The van der Waals surface area contributed by atoms with Crippen LogP contribution in [0.4, 0.5) is 5.69 Å². The second-order valence-corrected chi connectivity index (χ2v) is 6.49. The number of carbonyl (C=O) groups is 3. The fourth-order valence-electron chi connectivity index (χ4n) is 3.02. The SMILES string of the molecule is C=C1c2ccccc2C(=O)N1CCC(=O)Nc1ccccc1C(=O)N(C)C. The Hall–Kier alpha value is -3.41. The van der Waals surface area contributed by atoms with Gasteiger partial charge >= 0.3 is 0 Å². The van der Waals surface area contributed by atoms with Crippen molar-refractivity contribution in [2.45, 2.75) is 6.42 Å². The van der Waals surface area contributed by atoms with Crippen LogP contribution < -0.4 is 5.32 Å². The van der Waals surface area contributed by atoms with E-state index in [-0.39, 0.29) is 30.7 Å². The van der Waals surface area contributed by atoms with Gasteiger partial charge in [-0.25, -0.2) is 0 Å². The highest BCUT2D eigenvalue weighted by molar-refractivity contribution is 6.09. The molecule has 0 spiro atoms. The van der Waals surface area contributed by atoms with Gasteiger partial charge in [-0.3, -0.25) is 14.4 Å². The summed E-state index contributed by atoms with van der Waals surface area (Å²) in [6, 6.07) is 14.1. The van der Waals surface area contributed by atoms with Crippen molar-refractivity contribution in [2.75, 3.05) is 26.0 Å². The third-order valence-corrected chi connectivity index (χ3v) is 4.44. The summed E-state index contributed by atoms with van der Waals surface area (Å²) in [5.41, 5.74) is 2.88. The molecule has 1 N–H and O–H groups in total. The molecule has 3 amide bonds. The number of para-hydroxylation sites is 1. The lowest BCUT2D eigenvalue weighted by Gasteiger charge is -2.18. The van der Waals surface area contributed by atoms with E-state index in [0.29, 0.717) is 22.5 Å². The number of carbonyl (C=O) groups excluding carboxylic acids is 3. The van der Waals surface area contributed by atoms with Gasteiger partial charge in [0.1, 0.15) is 0 Å². The minimum atomic E-state index is -0.273. The summed E-state index contributed by atoms with van der Waals surface area (Å²) >= 11 is 0. The van der Waals surface area contributed by atoms with Crippen molar-refractivity contribution < 1.29 is 14.4 Å². The van der Waals surface area contributed by atoms with Crippen LogP contribution in [0.1, 0.15) is 32.7 Å². The van der Waals surface area contributed by atoms with Crippen LogP contribution in [-0.2, 0) is 4.79 Å². The van der Waals surface area contributed by atoms with Crippen LogP contribution in [0.3, 0.4) is 0 Å². The lowest BCUT2D eigenvalue weighted by atomic mass is 10.1. The number of fused-ring (bicyclic) bond motifs is 1. The molecule has 6 heteroatoms. The number of hydrogen-bond donors (Lipinski definition) is 1. The molecular formula is C21H21N3O3. The Kier molecular flexibility index (Phi) is 5.07. The van der Waals surface area contributed by atoms with E-state index in [0.717, 1.165) is 5.56 Å². The van der Waals surface area contributed by atoms with Gasteiger partial charge in [-0.2, -0.15) is 0 Å². The molecule has 2 aromatic carbocycles. The number of anilines is 1. The molecule has 0 atom stereocenters. The lowest BCUT2D eigenvalue weighted by Crippen LogP contribution is -2.28. The van der Waals surface area contributed by atoms with E-state index in [1.807, 2.05) is 12.1 Å². The first-order chi connectivity index (χ1) is 12.9. The molecule has 0 saturated heterocycles. The van der Waals surface area contributed by atoms with Crippen LogP contribution in [0.5, 0.6) is 0 Å². The van der Waals surface area contributed by atoms with Gasteiger partial charge in [0.05, 0.1) is 11.3 Å². The molecule has 0 saturated carbocycles. The summed E-state index contributed by atoms with van der Waals surface area (Å²) in [6.45, 7) is 4.19. The third kappa shape index (κ3) is 3.60. The van der Waals surface area contributed by atoms with Gasteiger partial charge in [0.25, 0.3) is 11.8 Å². The number of rotatable bonds is 5. The molecule has 1 heterocycles. The summed E-state index contributed by atoms with van der Waals surface area (Å²) in [5, 5.41) is 2.77. The van der Waals surface area contributed by atoms with Gasteiger partial charge in [-0.15, -0.1) is 0 Å². The Bertz CT molecular complexity index is 899. The summed E-state index contributed by atoms with van der Waals surface area (Å²) in [5.74, 6) is -0.610. The Balaban J connectivity index is 1.66. The van der Waals surface area contributed by atoms with Crippen LogP contribution in [0.25, 0.3) is 5.70 Å². The molecule has 1 aliphatic rings. The minimum absolute atomic E-state index is 0.100. The van der Waals surface area contributed by atoms with Crippen LogP contribution in [0.15, 0.2) is 55.1 Å². The van der Waals surface area contributed by atoms with Crippen LogP contribution >= 0.6 is 0 Å². The molecule has 0 aliphatic carbocycles. The maximum absolute atomic E-state index is 12.5. The highest BCUT2D eigenvalue weighted by atomic mass is 16.2. The molecule has 6 nitrogen and oxygen atoms in total. The number of benzene rings is 2. The standard InChI is InChI=1S/C21H21N3O3/c1-14-15-8-4-5-9-16(15)21(27)24(14)13-12-19(25)22-18-11-7-6-10-17(18)20(26)23(2)3/h4-11H,1,12-13H2,2-3H3,(H,22,25). The lowest BCUT2D eigenvalue weighted by molar-refractivity contribution is -0.116. The van der Waals surface area contributed by atoms with Crippen molar-refractivity contribution in [2.24, 2.45) is 0 Å². The first-order valence-electron chi connectivity index (χ1n) is 8.61. The Morgan fingerprint density at radius 3 is 2.33 bits per heavy atom. The smallest absolute Gasteiger partial charge is 0.258 e. The van der Waals surface area contributed by atoms with Crippen molar-refractivity contribution in [1.29, 1.82) is 0 Å². The maximum atomic E-state index is 12.5. The quantitative estimate of drug-likeness (QED) is 0.888. The zero-order chi connectivity index (χ0) is 19.6. The van der Waals surface area contributed by atoms with Crippen LogP contribution in [0.2, 0.25) is 0 Å². The van der Waals surface area contributed by atoms with E-state index in [2.05, 4.69) is 11.9 Å². The average molecular weight is 363 g/mol. The fourth-order valence-corrected chi connectivity index (χ4v) is 3.02. The largest absolute Gasteiger partial charge is 0.345 e. The molecular weight excluding hydrogens is 342 g/mol. The zero-order valence-electron chi connectivity index (χ0n) is 15.4. The van der Waals surface area contributed by atoms with Gasteiger partial charge in [0.15, 0.2) is 0 Å². The van der Waals surface area contributed by atoms with Gasteiger partial charge in [-0.05, 0) is 18.2 Å². The molecule has 3 rings (SSSR count). The van der Waals surface area contributed by atoms with Gasteiger partial charge in [0.2, 0.25) is 5.91 Å².